The lowest BCUT2D eigenvalue weighted by molar-refractivity contribution is 0.0941. The minimum absolute atomic E-state index is 0.00333. The van der Waals surface area contributed by atoms with Crippen molar-refractivity contribution in [3.8, 4) is 0 Å². The molecular formula is C17H18ClN3O3S. The first-order chi connectivity index (χ1) is 11.8. The maximum Gasteiger partial charge on any atom is 0.251 e. The molecule has 1 aliphatic heterocycles. The van der Waals surface area contributed by atoms with Crippen molar-refractivity contribution >= 4 is 38.9 Å². The first-order valence-corrected chi connectivity index (χ1v) is 10.0. The van der Waals surface area contributed by atoms with Crippen LogP contribution in [-0.4, -0.2) is 36.9 Å². The summed E-state index contributed by atoms with van der Waals surface area (Å²) in [6.07, 6.45) is 1.98. The molecule has 25 heavy (non-hydrogen) atoms. The lowest BCUT2D eigenvalue weighted by Gasteiger charge is -2.13. The maximum absolute atomic E-state index is 12.4. The van der Waals surface area contributed by atoms with Crippen LogP contribution in [0, 0.1) is 6.92 Å². The minimum Gasteiger partial charge on any atom is -0.348 e. The van der Waals surface area contributed by atoms with Gasteiger partial charge in [-0.3, -0.25) is 4.79 Å². The molecule has 1 unspecified atom stereocenters. The maximum atomic E-state index is 12.4. The number of anilines is 2. The highest BCUT2D eigenvalue weighted by molar-refractivity contribution is 7.91. The second-order valence-electron chi connectivity index (χ2n) is 6.04. The molecular weight excluding hydrogens is 362 g/mol. The molecule has 1 fully saturated rings. The van der Waals surface area contributed by atoms with Gasteiger partial charge in [-0.15, -0.1) is 0 Å². The summed E-state index contributed by atoms with van der Waals surface area (Å²) < 4.78 is 23.0. The highest BCUT2D eigenvalue weighted by Gasteiger charge is 2.29. The Morgan fingerprint density at radius 3 is 2.84 bits per heavy atom. The molecule has 1 amide bonds. The second kappa shape index (κ2) is 7.01. The van der Waals surface area contributed by atoms with Gasteiger partial charge in [-0.25, -0.2) is 13.4 Å². The number of carbonyl (C=O) groups is 1. The van der Waals surface area contributed by atoms with Crippen LogP contribution in [0.1, 0.15) is 22.3 Å². The number of carbonyl (C=O) groups excluding carboxylic acids is 1. The molecule has 0 bridgehead atoms. The molecule has 1 atom stereocenters. The van der Waals surface area contributed by atoms with Crippen LogP contribution in [0.3, 0.4) is 0 Å². The molecule has 2 N–H and O–H groups in total. The highest BCUT2D eigenvalue weighted by atomic mass is 35.5. The Bertz CT molecular complexity index is 915. The summed E-state index contributed by atoms with van der Waals surface area (Å²) in [5.41, 5.74) is 2.11. The van der Waals surface area contributed by atoms with Crippen molar-refractivity contribution in [2.75, 3.05) is 16.8 Å². The predicted molar refractivity (Wildman–Crippen MR) is 98.2 cm³/mol. The quantitative estimate of drug-likeness (QED) is 0.852. The van der Waals surface area contributed by atoms with E-state index < -0.39 is 9.84 Å². The number of sulfone groups is 1. The summed E-state index contributed by atoms with van der Waals surface area (Å²) >= 11 is 6.11. The lowest BCUT2D eigenvalue weighted by Crippen LogP contribution is -2.35. The van der Waals surface area contributed by atoms with Gasteiger partial charge >= 0.3 is 0 Å². The van der Waals surface area contributed by atoms with Crippen LogP contribution in [0.5, 0.6) is 0 Å². The molecule has 2 heterocycles. The number of nitrogens with one attached hydrogen (secondary N) is 2. The average Bonchev–Trinajstić information content (AvgIpc) is 2.91. The molecule has 8 heteroatoms. The average molecular weight is 380 g/mol. The van der Waals surface area contributed by atoms with Gasteiger partial charge in [-0.2, -0.15) is 0 Å². The minimum atomic E-state index is -3.03. The molecule has 2 aromatic rings. The fourth-order valence-electron chi connectivity index (χ4n) is 2.70. The Kier molecular flexibility index (Phi) is 4.96. The van der Waals surface area contributed by atoms with Crippen LogP contribution in [0.25, 0.3) is 0 Å². The Morgan fingerprint density at radius 2 is 2.12 bits per heavy atom. The lowest BCUT2D eigenvalue weighted by atomic mass is 10.2. The van der Waals surface area contributed by atoms with Gasteiger partial charge < -0.3 is 10.6 Å². The van der Waals surface area contributed by atoms with Gasteiger partial charge in [0.2, 0.25) is 0 Å². The number of hydrogen-bond donors (Lipinski definition) is 2. The van der Waals surface area contributed by atoms with Crippen molar-refractivity contribution in [2.24, 2.45) is 0 Å². The summed E-state index contributed by atoms with van der Waals surface area (Å²) in [6, 6.07) is 8.38. The molecule has 1 aliphatic rings. The van der Waals surface area contributed by atoms with E-state index in [2.05, 4.69) is 15.6 Å². The van der Waals surface area contributed by atoms with Crippen molar-refractivity contribution in [1.29, 1.82) is 0 Å². The van der Waals surface area contributed by atoms with Crippen LogP contribution in [0.15, 0.2) is 36.5 Å². The zero-order chi connectivity index (χ0) is 18.0. The topological polar surface area (TPSA) is 88.2 Å². The van der Waals surface area contributed by atoms with Crippen LogP contribution in [-0.2, 0) is 9.84 Å². The zero-order valence-electron chi connectivity index (χ0n) is 13.6. The van der Waals surface area contributed by atoms with E-state index in [-0.39, 0.29) is 23.5 Å². The summed E-state index contributed by atoms with van der Waals surface area (Å²) in [5.74, 6) is 0.318. The third-order valence-electron chi connectivity index (χ3n) is 4.12. The number of halogens is 1. The normalized spacial score (nSPS) is 18.7. The van der Waals surface area contributed by atoms with E-state index in [1.165, 1.54) is 6.20 Å². The number of hydrogen-bond acceptors (Lipinski definition) is 5. The predicted octanol–water partition coefficient (Wildman–Crippen LogP) is 2.70. The van der Waals surface area contributed by atoms with Crippen LogP contribution >= 0.6 is 11.6 Å². The Hall–Kier alpha value is -2.12. The number of benzene rings is 1. The van der Waals surface area contributed by atoms with Crippen molar-refractivity contribution in [3.05, 3.63) is 52.7 Å². The third-order valence-corrected chi connectivity index (χ3v) is 6.30. The molecule has 1 aromatic heterocycles. The molecule has 132 valence electrons. The van der Waals surface area contributed by atoms with Gasteiger partial charge in [0.1, 0.15) is 5.82 Å². The van der Waals surface area contributed by atoms with E-state index in [0.29, 0.717) is 22.8 Å². The molecule has 6 nitrogen and oxygen atoms in total. The molecule has 0 spiro atoms. The van der Waals surface area contributed by atoms with Crippen LogP contribution in [0.2, 0.25) is 5.02 Å². The number of aromatic nitrogens is 1. The van der Waals surface area contributed by atoms with Crippen molar-refractivity contribution in [1.82, 2.24) is 10.3 Å². The Balaban J connectivity index is 1.73. The van der Waals surface area contributed by atoms with E-state index in [9.17, 15) is 13.2 Å². The monoisotopic (exact) mass is 379 g/mol. The van der Waals surface area contributed by atoms with Gasteiger partial charge in [0.25, 0.3) is 5.91 Å². The smallest absolute Gasteiger partial charge is 0.251 e. The van der Waals surface area contributed by atoms with Gasteiger partial charge in [0, 0.05) is 28.5 Å². The molecule has 0 saturated carbocycles. The van der Waals surface area contributed by atoms with E-state index in [1.807, 2.05) is 19.1 Å². The van der Waals surface area contributed by atoms with E-state index in [1.54, 1.807) is 18.2 Å². The third kappa shape index (κ3) is 4.29. The number of pyridine rings is 1. The SMILES string of the molecule is Cc1c(Cl)cccc1Nc1cc(C(=O)NC2CCS(=O)(=O)C2)ccn1. The number of rotatable bonds is 4. The summed E-state index contributed by atoms with van der Waals surface area (Å²) in [6.45, 7) is 1.89. The molecule has 1 aromatic carbocycles. The second-order valence-corrected chi connectivity index (χ2v) is 8.68. The van der Waals surface area contributed by atoms with Crippen molar-refractivity contribution in [3.63, 3.8) is 0 Å². The number of amides is 1. The van der Waals surface area contributed by atoms with Gasteiger partial charge in [0.15, 0.2) is 9.84 Å². The van der Waals surface area contributed by atoms with Crippen molar-refractivity contribution < 1.29 is 13.2 Å². The Morgan fingerprint density at radius 1 is 1.32 bits per heavy atom. The van der Waals surface area contributed by atoms with Gasteiger partial charge in [-0.05, 0) is 43.2 Å². The first kappa shape index (κ1) is 17.7. The van der Waals surface area contributed by atoms with E-state index >= 15 is 0 Å². The summed E-state index contributed by atoms with van der Waals surface area (Å²) in [5, 5.41) is 6.55. The molecule has 0 radical (unpaired) electrons. The summed E-state index contributed by atoms with van der Waals surface area (Å²) in [7, 11) is -3.03. The number of nitrogens with zero attached hydrogens (tertiary/aromatic N) is 1. The molecule has 1 saturated heterocycles. The van der Waals surface area contributed by atoms with Crippen molar-refractivity contribution in [2.45, 2.75) is 19.4 Å². The van der Waals surface area contributed by atoms with Gasteiger partial charge in [-0.1, -0.05) is 17.7 Å². The Labute approximate surface area is 151 Å². The highest BCUT2D eigenvalue weighted by Crippen LogP contribution is 2.25. The fraction of sp³-hybridized carbons (Fsp3) is 0.294. The summed E-state index contributed by atoms with van der Waals surface area (Å²) in [4.78, 5) is 16.6. The zero-order valence-corrected chi connectivity index (χ0v) is 15.2. The van der Waals surface area contributed by atoms with Crippen LogP contribution < -0.4 is 10.6 Å². The van der Waals surface area contributed by atoms with Gasteiger partial charge in [0.05, 0.1) is 11.5 Å². The van der Waals surface area contributed by atoms with E-state index in [4.69, 9.17) is 11.6 Å². The standard InChI is InChI=1S/C17H18ClN3O3S/c1-11-14(18)3-2-4-15(11)21-16-9-12(5-7-19-16)17(22)20-13-6-8-25(23,24)10-13/h2-5,7,9,13H,6,8,10H2,1H3,(H,19,21)(H,20,22). The fourth-order valence-corrected chi connectivity index (χ4v) is 4.55. The first-order valence-electron chi connectivity index (χ1n) is 7.83. The molecule has 0 aliphatic carbocycles. The van der Waals surface area contributed by atoms with E-state index in [0.717, 1.165) is 11.3 Å². The molecule has 3 rings (SSSR count). The van der Waals surface area contributed by atoms with Crippen LogP contribution in [0.4, 0.5) is 11.5 Å². The largest absolute Gasteiger partial charge is 0.348 e.